The van der Waals surface area contributed by atoms with Crippen LogP contribution in [0.4, 0.5) is 0 Å². The zero-order chi connectivity index (χ0) is 26.5. The Morgan fingerprint density at radius 3 is 2.46 bits per heavy atom. The van der Waals surface area contributed by atoms with Crippen molar-refractivity contribution in [2.24, 2.45) is 0 Å². The molecule has 0 aliphatic carbocycles. The van der Waals surface area contributed by atoms with Gasteiger partial charge in [0.15, 0.2) is 15.8 Å². The van der Waals surface area contributed by atoms with Gasteiger partial charge >= 0.3 is 0 Å². The molecule has 0 atom stereocenters. The molecule has 0 aromatic heterocycles. The second kappa shape index (κ2) is 12.2. The van der Waals surface area contributed by atoms with Gasteiger partial charge in [0.2, 0.25) is 0 Å². The summed E-state index contributed by atoms with van der Waals surface area (Å²) < 4.78 is 17.7. The third kappa shape index (κ3) is 6.56. The van der Waals surface area contributed by atoms with Crippen LogP contribution in [0.5, 0.6) is 17.2 Å². The van der Waals surface area contributed by atoms with Gasteiger partial charge < -0.3 is 14.2 Å². The second-order valence-electron chi connectivity index (χ2n) is 7.64. The molecular formula is C26H20ClIN2O5S2. The predicted molar refractivity (Wildman–Crippen MR) is 157 cm³/mol. The molecule has 190 valence electrons. The summed E-state index contributed by atoms with van der Waals surface area (Å²) in [5.41, 5.74) is 4.63. The van der Waals surface area contributed by atoms with E-state index in [0.29, 0.717) is 39.3 Å². The molecule has 1 heterocycles. The Kier molecular flexibility index (Phi) is 8.95. The van der Waals surface area contributed by atoms with E-state index in [1.807, 2.05) is 18.2 Å². The van der Waals surface area contributed by atoms with Crippen molar-refractivity contribution < 1.29 is 23.8 Å². The fourth-order valence-corrected chi connectivity index (χ4v) is 5.41. The Bertz CT molecular complexity index is 1380. The number of ether oxygens (including phenoxy) is 3. The van der Waals surface area contributed by atoms with Gasteiger partial charge in [-0.05, 0) is 101 Å². The Morgan fingerprint density at radius 1 is 1.11 bits per heavy atom. The first-order valence-electron chi connectivity index (χ1n) is 10.8. The standard InChI is InChI=1S/C26H20ClIN2O5S2/c1-33-19-9-5-17(6-10-19)24(31)29-30-25(32)22(37-26(30)36)13-16-11-20(28)23(21(12-16)34-2)35-14-15-3-7-18(27)8-4-15/h3-13H,14H2,1-2H3,(H,29,31)/b22-13+. The van der Waals surface area contributed by atoms with E-state index in [1.54, 1.807) is 62.8 Å². The van der Waals surface area contributed by atoms with Crippen molar-refractivity contribution >= 4 is 80.4 Å². The van der Waals surface area contributed by atoms with Crippen LogP contribution in [-0.4, -0.2) is 35.4 Å². The van der Waals surface area contributed by atoms with Crippen LogP contribution in [0.25, 0.3) is 6.08 Å². The van der Waals surface area contributed by atoms with E-state index in [2.05, 4.69) is 28.0 Å². The van der Waals surface area contributed by atoms with Gasteiger partial charge in [-0.15, -0.1) is 0 Å². The van der Waals surface area contributed by atoms with Crippen molar-refractivity contribution in [3.8, 4) is 17.2 Å². The fraction of sp³-hybridized carbons (Fsp3) is 0.115. The summed E-state index contributed by atoms with van der Waals surface area (Å²) in [4.78, 5) is 26.0. The molecule has 3 aromatic carbocycles. The minimum Gasteiger partial charge on any atom is -0.497 e. The molecule has 0 bridgehead atoms. The van der Waals surface area contributed by atoms with Gasteiger partial charge in [0, 0.05) is 10.6 Å². The smallest absolute Gasteiger partial charge is 0.285 e. The van der Waals surface area contributed by atoms with Gasteiger partial charge in [-0.2, -0.15) is 5.01 Å². The van der Waals surface area contributed by atoms with E-state index in [1.165, 1.54) is 0 Å². The molecule has 37 heavy (non-hydrogen) atoms. The van der Waals surface area contributed by atoms with Crippen LogP contribution in [0, 0.1) is 3.57 Å². The first-order valence-corrected chi connectivity index (χ1v) is 13.4. The molecule has 3 aromatic rings. The number of rotatable bonds is 8. The lowest BCUT2D eigenvalue weighted by molar-refractivity contribution is -0.123. The molecule has 0 spiro atoms. The molecule has 4 rings (SSSR count). The van der Waals surface area contributed by atoms with Gasteiger partial charge in [-0.25, -0.2) is 0 Å². The number of nitrogens with zero attached hydrogens (tertiary/aromatic N) is 1. The summed E-state index contributed by atoms with van der Waals surface area (Å²) in [6, 6.07) is 17.6. The number of thioether (sulfide) groups is 1. The van der Waals surface area contributed by atoms with Crippen LogP contribution >= 0.6 is 58.2 Å². The number of carbonyl (C=O) groups excluding carboxylic acids is 2. The lowest BCUT2D eigenvalue weighted by Crippen LogP contribution is -2.44. The first kappa shape index (κ1) is 27.2. The number of hydrogen-bond donors (Lipinski definition) is 1. The molecule has 0 saturated carbocycles. The number of halogens is 2. The van der Waals surface area contributed by atoms with Crippen molar-refractivity contribution in [3.63, 3.8) is 0 Å². The van der Waals surface area contributed by atoms with Crippen molar-refractivity contribution in [1.82, 2.24) is 10.4 Å². The van der Waals surface area contributed by atoms with E-state index in [0.717, 1.165) is 31.5 Å². The molecular weight excluding hydrogens is 647 g/mol. The summed E-state index contributed by atoms with van der Waals surface area (Å²) >= 11 is 14.6. The Balaban J connectivity index is 1.49. The average molecular weight is 667 g/mol. The highest BCUT2D eigenvalue weighted by Crippen LogP contribution is 2.37. The number of methoxy groups -OCH3 is 2. The third-order valence-electron chi connectivity index (χ3n) is 5.21. The number of hydrogen-bond acceptors (Lipinski definition) is 7. The molecule has 1 N–H and O–H groups in total. The molecule has 11 heteroatoms. The maximum Gasteiger partial charge on any atom is 0.285 e. The molecule has 0 radical (unpaired) electrons. The number of amides is 2. The molecule has 1 aliphatic heterocycles. The normalized spacial score (nSPS) is 14.2. The molecule has 7 nitrogen and oxygen atoms in total. The summed E-state index contributed by atoms with van der Waals surface area (Å²) in [7, 11) is 3.10. The fourth-order valence-electron chi connectivity index (χ4n) is 3.32. The summed E-state index contributed by atoms with van der Waals surface area (Å²) in [5, 5.41) is 1.73. The molecule has 1 fully saturated rings. The van der Waals surface area contributed by atoms with Crippen molar-refractivity contribution in [3.05, 3.63) is 90.9 Å². The highest BCUT2D eigenvalue weighted by Gasteiger charge is 2.34. The number of thiocarbonyl (C=S) groups is 1. The molecule has 0 unspecified atom stereocenters. The molecule has 1 aliphatic rings. The van der Waals surface area contributed by atoms with E-state index >= 15 is 0 Å². The second-order valence-corrected chi connectivity index (χ2v) is 10.9. The Hall–Kier alpha value is -2.80. The van der Waals surface area contributed by atoms with E-state index in [9.17, 15) is 9.59 Å². The highest BCUT2D eigenvalue weighted by molar-refractivity contribution is 14.1. The van der Waals surface area contributed by atoms with Gasteiger partial charge in [0.05, 0.1) is 22.7 Å². The quantitative estimate of drug-likeness (QED) is 0.177. The molecule has 2 amide bonds. The Morgan fingerprint density at radius 2 is 1.81 bits per heavy atom. The van der Waals surface area contributed by atoms with Gasteiger partial charge in [0.1, 0.15) is 12.4 Å². The summed E-state index contributed by atoms with van der Waals surface area (Å²) in [5.74, 6) is 0.856. The van der Waals surface area contributed by atoms with E-state index in [-0.39, 0.29) is 4.32 Å². The zero-order valence-electron chi connectivity index (χ0n) is 19.6. The lowest BCUT2D eigenvalue weighted by Gasteiger charge is -2.16. The van der Waals surface area contributed by atoms with Crippen molar-refractivity contribution in [2.45, 2.75) is 6.61 Å². The number of benzene rings is 3. The Labute approximate surface area is 242 Å². The third-order valence-corrected chi connectivity index (χ3v) is 7.56. The van der Waals surface area contributed by atoms with Gasteiger partial charge in [0.25, 0.3) is 11.8 Å². The van der Waals surface area contributed by atoms with E-state index in [4.69, 9.17) is 38.0 Å². The number of carbonyl (C=O) groups is 2. The van der Waals surface area contributed by atoms with Crippen LogP contribution in [0.2, 0.25) is 5.02 Å². The zero-order valence-corrected chi connectivity index (χ0v) is 24.2. The van der Waals surface area contributed by atoms with Crippen molar-refractivity contribution in [1.29, 1.82) is 0 Å². The maximum absolute atomic E-state index is 13.0. The summed E-state index contributed by atoms with van der Waals surface area (Å²) in [6.45, 7) is 0.343. The minimum atomic E-state index is -0.460. The number of hydrazine groups is 1. The van der Waals surface area contributed by atoms with Crippen LogP contribution in [0.3, 0.4) is 0 Å². The average Bonchev–Trinajstić information content (AvgIpc) is 3.15. The van der Waals surface area contributed by atoms with Crippen LogP contribution in [-0.2, 0) is 11.4 Å². The van der Waals surface area contributed by atoms with Gasteiger partial charge in [-0.3, -0.25) is 15.0 Å². The monoisotopic (exact) mass is 666 g/mol. The predicted octanol–water partition coefficient (Wildman–Crippen LogP) is 6.09. The maximum atomic E-state index is 13.0. The van der Waals surface area contributed by atoms with Crippen LogP contribution in [0.15, 0.2) is 65.6 Å². The first-order chi connectivity index (χ1) is 17.8. The topological polar surface area (TPSA) is 77.1 Å². The van der Waals surface area contributed by atoms with Gasteiger partial charge in [-0.1, -0.05) is 35.5 Å². The highest BCUT2D eigenvalue weighted by atomic mass is 127. The van der Waals surface area contributed by atoms with Crippen LogP contribution < -0.4 is 19.6 Å². The molecule has 1 saturated heterocycles. The SMILES string of the molecule is COc1ccc(C(=O)NN2C(=O)/C(=C\c3cc(I)c(OCc4ccc(Cl)cc4)c(OC)c3)SC2=S)cc1. The minimum absolute atomic E-state index is 0.225. The lowest BCUT2D eigenvalue weighted by atomic mass is 10.1. The van der Waals surface area contributed by atoms with E-state index < -0.39 is 11.8 Å². The largest absolute Gasteiger partial charge is 0.497 e. The van der Waals surface area contributed by atoms with Crippen LogP contribution in [0.1, 0.15) is 21.5 Å². The summed E-state index contributed by atoms with van der Waals surface area (Å²) in [6.07, 6.45) is 1.70. The van der Waals surface area contributed by atoms with Crippen molar-refractivity contribution in [2.75, 3.05) is 14.2 Å². The number of nitrogens with one attached hydrogen (secondary N) is 1.